The van der Waals surface area contributed by atoms with E-state index in [1.165, 1.54) is 31.3 Å². The third-order valence-corrected chi connectivity index (χ3v) is 5.59. The molecule has 7 heteroatoms. The van der Waals surface area contributed by atoms with E-state index in [0.29, 0.717) is 22.8 Å². The Morgan fingerprint density at radius 2 is 1.79 bits per heavy atom. The predicted molar refractivity (Wildman–Crippen MR) is 113 cm³/mol. The molecule has 0 bridgehead atoms. The van der Waals surface area contributed by atoms with Gasteiger partial charge in [-0.15, -0.1) is 0 Å². The summed E-state index contributed by atoms with van der Waals surface area (Å²) in [6.07, 6.45) is 0. The number of hydrogen-bond acceptors (Lipinski definition) is 6. The number of carbonyl (C=O) groups excluding carboxylic acids is 1. The van der Waals surface area contributed by atoms with Crippen molar-refractivity contribution in [3.05, 3.63) is 47.5 Å². The normalized spacial score (nSPS) is 14.4. The summed E-state index contributed by atoms with van der Waals surface area (Å²) in [6.45, 7) is 3.10. The molecule has 0 saturated carbocycles. The van der Waals surface area contributed by atoms with E-state index in [9.17, 15) is 4.79 Å². The molecule has 150 valence electrons. The number of carbonyl (C=O) groups is 1. The lowest BCUT2D eigenvalue weighted by atomic mass is 10.1. The van der Waals surface area contributed by atoms with Crippen LogP contribution in [-0.2, 0) is 6.54 Å². The summed E-state index contributed by atoms with van der Waals surface area (Å²) in [5.41, 5.74) is 2.33. The fourth-order valence-corrected chi connectivity index (χ4v) is 4.22. The number of hydrogen-bond donors (Lipinski definition) is 1. The molecule has 6 nitrogen and oxygen atoms in total. The third-order valence-electron chi connectivity index (χ3n) is 4.64. The largest absolute Gasteiger partial charge is 0.493 e. The molecule has 1 saturated heterocycles. The van der Waals surface area contributed by atoms with Crippen molar-refractivity contribution in [1.82, 2.24) is 4.90 Å². The standard InChI is InChI=1S/C21H26N2O4S/c1-25-18-8-7-17(19(26-2)20(18)27-3)21(24)22-16-6-4-5-15(13-16)14-23-9-11-28-12-10-23/h4-8,13H,9-12,14H2,1-3H3,(H,22,24). The molecule has 1 aliphatic rings. The van der Waals surface area contributed by atoms with Crippen LogP contribution >= 0.6 is 11.8 Å². The van der Waals surface area contributed by atoms with Gasteiger partial charge in [0.15, 0.2) is 11.5 Å². The zero-order chi connectivity index (χ0) is 19.9. The molecule has 0 spiro atoms. The number of anilines is 1. The van der Waals surface area contributed by atoms with Crippen LogP contribution in [0.2, 0.25) is 0 Å². The van der Waals surface area contributed by atoms with E-state index < -0.39 is 0 Å². The van der Waals surface area contributed by atoms with Crippen LogP contribution in [0.3, 0.4) is 0 Å². The molecule has 28 heavy (non-hydrogen) atoms. The van der Waals surface area contributed by atoms with Gasteiger partial charge in [0.25, 0.3) is 5.91 Å². The topological polar surface area (TPSA) is 60.0 Å². The minimum Gasteiger partial charge on any atom is -0.493 e. The van der Waals surface area contributed by atoms with Gasteiger partial charge in [-0.3, -0.25) is 9.69 Å². The molecule has 1 amide bonds. The first-order valence-corrected chi connectivity index (χ1v) is 10.3. The van der Waals surface area contributed by atoms with Gasteiger partial charge >= 0.3 is 0 Å². The quantitative estimate of drug-likeness (QED) is 0.765. The Kier molecular flexibility index (Phi) is 7.06. The van der Waals surface area contributed by atoms with Crippen molar-refractivity contribution in [3.63, 3.8) is 0 Å². The first kappa shape index (κ1) is 20.4. The van der Waals surface area contributed by atoms with Crippen LogP contribution in [0.4, 0.5) is 5.69 Å². The van der Waals surface area contributed by atoms with Crippen LogP contribution in [0.25, 0.3) is 0 Å². The first-order chi connectivity index (χ1) is 13.7. The van der Waals surface area contributed by atoms with Gasteiger partial charge in [-0.05, 0) is 29.8 Å². The van der Waals surface area contributed by atoms with Gasteiger partial charge in [0.1, 0.15) is 0 Å². The lowest BCUT2D eigenvalue weighted by molar-refractivity contribution is 0.102. The second-order valence-electron chi connectivity index (χ2n) is 6.42. The Morgan fingerprint density at radius 1 is 1.04 bits per heavy atom. The first-order valence-electron chi connectivity index (χ1n) is 9.15. The molecule has 1 N–H and O–H groups in total. The minimum absolute atomic E-state index is 0.260. The lowest BCUT2D eigenvalue weighted by Crippen LogP contribution is -2.31. The number of nitrogens with zero attached hydrogens (tertiary/aromatic N) is 1. The molecule has 0 atom stereocenters. The summed E-state index contributed by atoms with van der Waals surface area (Å²) >= 11 is 2.00. The van der Waals surface area contributed by atoms with Crippen molar-refractivity contribution in [1.29, 1.82) is 0 Å². The van der Waals surface area contributed by atoms with E-state index in [2.05, 4.69) is 16.3 Å². The monoisotopic (exact) mass is 402 g/mol. The van der Waals surface area contributed by atoms with Crippen molar-refractivity contribution in [2.75, 3.05) is 51.2 Å². The summed E-state index contributed by atoms with van der Waals surface area (Å²) in [5, 5.41) is 2.96. The van der Waals surface area contributed by atoms with E-state index >= 15 is 0 Å². The lowest BCUT2D eigenvalue weighted by Gasteiger charge is -2.26. The van der Waals surface area contributed by atoms with Gasteiger partial charge < -0.3 is 19.5 Å². The van der Waals surface area contributed by atoms with E-state index in [1.807, 2.05) is 30.0 Å². The van der Waals surface area contributed by atoms with Gasteiger partial charge in [0, 0.05) is 36.8 Å². The molecule has 2 aromatic rings. The molecule has 0 aromatic heterocycles. The highest BCUT2D eigenvalue weighted by Crippen LogP contribution is 2.39. The Morgan fingerprint density at radius 3 is 2.46 bits per heavy atom. The highest BCUT2D eigenvalue weighted by Gasteiger charge is 2.21. The van der Waals surface area contributed by atoms with Gasteiger partial charge in [0.2, 0.25) is 5.75 Å². The summed E-state index contributed by atoms with van der Waals surface area (Å²) in [5.74, 6) is 3.35. The van der Waals surface area contributed by atoms with Crippen LogP contribution in [0.1, 0.15) is 15.9 Å². The molecule has 1 aliphatic heterocycles. The number of thioether (sulfide) groups is 1. The highest BCUT2D eigenvalue weighted by molar-refractivity contribution is 7.99. The highest BCUT2D eigenvalue weighted by atomic mass is 32.2. The molecule has 0 unspecified atom stereocenters. The van der Waals surface area contributed by atoms with Crippen LogP contribution in [0.5, 0.6) is 17.2 Å². The van der Waals surface area contributed by atoms with Crippen molar-refractivity contribution >= 4 is 23.4 Å². The molecule has 0 aliphatic carbocycles. The molecule has 3 rings (SSSR count). The van der Waals surface area contributed by atoms with Gasteiger partial charge in [0.05, 0.1) is 26.9 Å². The third kappa shape index (κ3) is 4.72. The number of benzene rings is 2. The second kappa shape index (κ2) is 9.71. The average Bonchev–Trinajstić information content (AvgIpc) is 2.73. The summed E-state index contributed by atoms with van der Waals surface area (Å²) in [6, 6.07) is 11.3. The fourth-order valence-electron chi connectivity index (χ4n) is 3.24. The number of nitrogens with one attached hydrogen (secondary N) is 1. The van der Waals surface area contributed by atoms with E-state index in [-0.39, 0.29) is 5.91 Å². The number of methoxy groups -OCH3 is 3. The summed E-state index contributed by atoms with van der Waals surface area (Å²) < 4.78 is 16.1. The van der Waals surface area contributed by atoms with Crippen molar-refractivity contribution in [2.24, 2.45) is 0 Å². The second-order valence-corrected chi connectivity index (χ2v) is 7.65. The Balaban J connectivity index is 1.77. The molecule has 2 aromatic carbocycles. The Bertz CT molecular complexity index is 822. The van der Waals surface area contributed by atoms with E-state index in [1.54, 1.807) is 19.2 Å². The van der Waals surface area contributed by atoms with Crippen LogP contribution < -0.4 is 19.5 Å². The Hall–Kier alpha value is -2.38. The van der Waals surface area contributed by atoms with Crippen LogP contribution in [0.15, 0.2) is 36.4 Å². The Labute approximate surface area is 170 Å². The van der Waals surface area contributed by atoms with Gasteiger partial charge in [-0.2, -0.15) is 11.8 Å². The predicted octanol–water partition coefficient (Wildman–Crippen LogP) is 3.51. The van der Waals surface area contributed by atoms with Gasteiger partial charge in [-0.1, -0.05) is 12.1 Å². The number of amides is 1. The maximum Gasteiger partial charge on any atom is 0.259 e. The summed E-state index contributed by atoms with van der Waals surface area (Å²) in [4.78, 5) is 15.3. The van der Waals surface area contributed by atoms with Crippen LogP contribution in [-0.4, -0.2) is 56.7 Å². The average molecular weight is 403 g/mol. The molecular formula is C21H26N2O4S. The smallest absolute Gasteiger partial charge is 0.259 e. The minimum atomic E-state index is -0.260. The molecule has 0 radical (unpaired) electrons. The zero-order valence-corrected chi connectivity index (χ0v) is 17.3. The van der Waals surface area contributed by atoms with Crippen molar-refractivity contribution in [3.8, 4) is 17.2 Å². The summed E-state index contributed by atoms with van der Waals surface area (Å²) in [7, 11) is 4.57. The number of rotatable bonds is 7. The van der Waals surface area contributed by atoms with Gasteiger partial charge in [-0.25, -0.2) is 0 Å². The fraction of sp³-hybridized carbons (Fsp3) is 0.381. The molecule has 1 heterocycles. The SMILES string of the molecule is COc1ccc(C(=O)Nc2cccc(CN3CCSCC3)c2)c(OC)c1OC. The van der Waals surface area contributed by atoms with Crippen LogP contribution in [0, 0.1) is 0 Å². The van der Waals surface area contributed by atoms with Crippen molar-refractivity contribution < 1.29 is 19.0 Å². The molecular weight excluding hydrogens is 376 g/mol. The zero-order valence-electron chi connectivity index (χ0n) is 16.5. The van der Waals surface area contributed by atoms with E-state index in [0.717, 1.165) is 25.3 Å². The van der Waals surface area contributed by atoms with Crippen molar-refractivity contribution in [2.45, 2.75) is 6.54 Å². The number of ether oxygens (including phenoxy) is 3. The maximum atomic E-state index is 12.9. The van der Waals surface area contributed by atoms with E-state index in [4.69, 9.17) is 14.2 Å². The molecule has 1 fully saturated rings. The maximum absolute atomic E-state index is 12.9.